The lowest BCUT2D eigenvalue weighted by atomic mass is 9.68. The lowest BCUT2D eigenvalue weighted by Gasteiger charge is -2.34. The fourth-order valence-corrected chi connectivity index (χ4v) is 5.20. The van der Waals surface area contributed by atoms with E-state index in [4.69, 9.17) is 19.6 Å². The Morgan fingerprint density at radius 3 is 2.58 bits per heavy atom. The molecule has 36 heavy (non-hydrogen) atoms. The second-order valence-corrected chi connectivity index (χ2v) is 9.30. The van der Waals surface area contributed by atoms with E-state index in [9.17, 15) is 14.4 Å². The number of carbonyl (C=O) groups excluding carboxylic acids is 2. The summed E-state index contributed by atoms with van der Waals surface area (Å²) in [4.78, 5) is 40.9. The van der Waals surface area contributed by atoms with Gasteiger partial charge < -0.3 is 24.9 Å². The molecule has 0 bridgehead atoms. The van der Waals surface area contributed by atoms with Gasteiger partial charge in [-0.2, -0.15) is 0 Å². The molecule has 4 aromatic rings. The highest BCUT2D eigenvalue weighted by Crippen LogP contribution is 2.54. The van der Waals surface area contributed by atoms with E-state index in [1.165, 1.54) is 0 Å². The number of hydrogen-bond donors (Lipinski definition) is 2. The maximum atomic E-state index is 13.8. The van der Waals surface area contributed by atoms with E-state index in [0.717, 1.165) is 5.56 Å². The molecular formula is C27H17BrN2O6. The summed E-state index contributed by atoms with van der Waals surface area (Å²) in [5.41, 5.74) is 4.91. The van der Waals surface area contributed by atoms with E-state index in [2.05, 4.69) is 21.2 Å². The maximum Gasteiger partial charge on any atom is 0.345 e. The highest BCUT2D eigenvalue weighted by atomic mass is 79.9. The minimum absolute atomic E-state index is 0.0573. The Hall–Kier alpha value is -4.37. The molecule has 1 spiro atoms. The summed E-state index contributed by atoms with van der Waals surface area (Å²) < 4.78 is 17.7. The smallest absolute Gasteiger partial charge is 0.345 e. The summed E-state index contributed by atoms with van der Waals surface area (Å²) in [6.07, 6.45) is 0. The first-order valence-corrected chi connectivity index (χ1v) is 11.8. The van der Waals surface area contributed by atoms with Crippen LogP contribution in [0.5, 0.6) is 5.75 Å². The minimum atomic E-state index is -1.95. The molecule has 178 valence electrons. The van der Waals surface area contributed by atoms with Crippen molar-refractivity contribution in [3.8, 4) is 5.75 Å². The number of halogens is 1. The second-order valence-electron chi connectivity index (χ2n) is 8.39. The van der Waals surface area contributed by atoms with Crippen LogP contribution >= 0.6 is 15.9 Å². The molecule has 0 aliphatic carbocycles. The molecule has 8 nitrogen and oxygen atoms in total. The van der Waals surface area contributed by atoms with Crippen molar-refractivity contribution in [2.24, 2.45) is 5.73 Å². The number of fused-ring (bicyclic) bond motifs is 6. The number of rotatable bonds is 3. The van der Waals surface area contributed by atoms with Gasteiger partial charge in [0, 0.05) is 15.7 Å². The van der Waals surface area contributed by atoms with Crippen LogP contribution in [0, 0.1) is 0 Å². The molecule has 6 rings (SSSR count). The number of anilines is 1. The molecular weight excluding hydrogens is 528 g/mol. The van der Waals surface area contributed by atoms with Crippen molar-refractivity contribution in [3.63, 3.8) is 0 Å². The van der Waals surface area contributed by atoms with Gasteiger partial charge in [0.25, 0.3) is 0 Å². The van der Waals surface area contributed by atoms with Gasteiger partial charge in [-0.3, -0.25) is 4.79 Å². The molecule has 9 heteroatoms. The van der Waals surface area contributed by atoms with Gasteiger partial charge in [0.05, 0.1) is 5.39 Å². The first kappa shape index (κ1) is 22.1. The Balaban J connectivity index is 1.63. The fraction of sp³-hybridized carbons (Fsp3) is 0.0741. The molecule has 0 saturated carbocycles. The molecule has 1 aromatic heterocycles. The third-order valence-electron chi connectivity index (χ3n) is 6.37. The van der Waals surface area contributed by atoms with Crippen molar-refractivity contribution in [3.05, 3.63) is 116 Å². The van der Waals surface area contributed by atoms with E-state index in [1.807, 2.05) is 18.2 Å². The third-order valence-corrected chi connectivity index (χ3v) is 6.86. The van der Waals surface area contributed by atoms with Crippen LogP contribution in [0.4, 0.5) is 5.69 Å². The Labute approximate surface area is 212 Å². The Morgan fingerprint density at radius 2 is 1.78 bits per heavy atom. The van der Waals surface area contributed by atoms with Crippen LogP contribution in [0.25, 0.3) is 11.0 Å². The van der Waals surface area contributed by atoms with Crippen LogP contribution in [0.1, 0.15) is 16.7 Å². The number of amides is 1. The maximum absolute atomic E-state index is 13.8. The molecule has 1 atom stereocenters. The summed E-state index contributed by atoms with van der Waals surface area (Å²) in [5, 5.41) is 3.22. The van der Waals surface area contributed by atoms with Crippen molar-refractivity contribution in [1.29, 1.82) is 0 Å². The van der Waals surface area contributed by atoms with E-state index < -0.39 is 22.9 Å². The first-order chi connectivity index (χ1) is 17.4. The van der Waals surface area contributed by atoms with Gasteiger partial charge >= 0.3 is 11.6 Å². The largest absolute Gasteiger partial charge is 0.457 e. The minimum Gasteiger partial charge on any atom is -0.457 e. The molecule has 2 aliphatic rings. The lowest BCUT2D eigenvalue weighted by Crippen LogP contribution is -2.48. The molecule has 2 aliphatic heterocycles. The average molecular weight is 545 g/mol. The second kappa shape index (κ2) is 8.10. The first-order valence-electron chi connectivity index (χ1n) is 11.0. The number of para-hydroxylation sites is 1. The quantitative estimate of drug-likeness (QED) is 0.294. The number of hydrogen-bond acceptors (Lipinski definition) is 7. The van der Waals surface area contributed by atoms with Gasteiger partial charge in [0.1, 0.15) is 28.7 Å². The highest BCUT2D eigenvalue weighted by Gasteiger charge is 2.61. The SMILES string of the molecule is NC1=C(C(=O)OCc2ccccc2)[C@]2(C(=O)Nc3ccc(Br)cc32)c2c(c3ccccc3oc2=O)O1. The Bertz CT molecular complexity index is 1680. The number of nitrogens with two attached hydrogens (primary N) is 1. The lowest BCUT2D eigenvalue weighted by molar-refractivity contribution is -0.142. The molecule has 3 heterocycles. The van der Waals surface area contributed by atoms with Crippen LogP contribution in [0.3, 0.4) is 0 Å². The molecule has 3 N–H and O–H groups in total. The van der Waals surface area contributed by atoms with Gasteiger partial charge in [-0.25, -0.2) is 9.59 Å². The number of carbonyl (C=O) groups is 2. The molecule has 0 radical (unpaired) electrons. The highest BCUT2D eigenvalue weighted by molar-refractivity contribution is 9.10. The normalized spacial score (nSPS) is 18.0. The molecule has 0 unspecified atom stereocenters. The summed E-state index contributed by atoms with van der Waals surface area (Å²) in [7, 11) is 0. The Morgan fingerprint density at radius 1 is 1.03 bits per heavy atom. The number of ether oxygens (including phenoxy) is 2. The third kappa shape index (κ3) is 3.09. The van der Waals surface area contributed by atoms with E-state index in [-0.39, 0.29) is 35.0 Å². The van der Waals surface area contributed by atoms with E-state index in [1.54, 1.807) is 54.6 Å². The van der Waals surface area contributed by atoms with Crippen molar-refractivity contribution in [2.75, 3.05) is 5.32 Å². The molecule has 0 fully saturated rings. The van der Waals surface area contributed by atoms with Gasteiger partial charge in [0.15, 0.2) is 5.75 Å². The summed E-state index contributed by atoms with van der Waals surface area (Å²) in [6, 6.07) is 20.9. The predicted octanol–water partition coefficient (Wildman–Crippen LogP) is 4.10. The van der Waals surface area contributed by atoms with Crippen LogP contribution in [0.15, 0.2) is 97.9 Å². The van der Waals surface area contributed by atoms with Gasteiger partial charge in [-0.1, -0.05) is 58.4 Å². The predicted molar refractivity (Wildman–Crippen MR) is 134 cm³/mol. The van der Waals surface area contributed by atoms with Crippen LogP contribution in [-0.2, 0) is 26.3 Å². The van der Waals surface area contributed by atoms with Gasteiger partial charge in [-0.05, 0) is 35.9 Å². The fourth-order valence-electron chi connectivity index (χ4n) is 4.84. The zero-order valence-corrected chi connectivity index (χ0v) is 20.1. The van der Waals surface area contributed by atoms with Crippen molar-refractivity contribution in [1.82, 2.24) is 0 Å². The molecule has 0 saturated heterocycles. The van der Waals surface area contributed by atoms with Crippen molar-refractivity contribution >= 4 is 44.5 Å². The van der Waals surface area contributed by atoms with Crippen molar-refractivity contribution in [2.45, 2.75) is 12.0 Å². The Kier molecular flexibility index (Phi) is 4.97. The standard InChI is InChI=1S/C27H17BrN2O6/c28-15-10-11-18-17(12-15)27(26(33)30-18)20-22(16-8-4-5-9-19(16)35-25(20)32)36-23(29)21(27)24(31)34-13-14-6-2-1-3-7-14/h1-12H,13,29H2,(H,30,33)/t27-/m1/s1. The van der Waals surface area contributed by atoms with Crippen molar-refractivity contribution < 1.29 is 23.5 Å². The summed E-state index contributed by atoms with van der Waals surface area (Å²) in [5.74, 6) is -1.81. The number of benzene rings is 3. The number of nitrogens with one attached hydrogen (secondary N) is 1. The zero-order chi connectivity index (χ0) is 25.0. The molecule has 3 aromatic carbocycles. The summed E-state index contributed by atoms with van der Waals surface area (Å²) in [6.45, 7) is -0.0708. The monoisotopic (exact) mass is 544 g/mol. The number of esters is 1. The average Bonchev–Trinajstić information content (AvgIpc) is 3.14. The van der Waals surface area contributed by atoms with E-state index in [0.29, 0.717) is 21.1 Å². The zero-order valence-electron chi connectivity index (χ0n) is 18.5. The van der Waals surface area contributed by atoms with Gasteiger partial charge in [0.2, 0.25) is 11.8 Å². The summed E-state index contributed by atoms with van der Waals surface area (Å²) >= 11 is 3.43. The molecule has 1 amide bonds. The topological polar surface area (TPSA) is 121 Å². The van der Waals surface area contributed by atoms with Gasteiger partial charge in [-0.15, -0.1) is 0 Å². The van der Waals surface area contributed by atoms with Crippen LogP contribution in [0.2, 0.25) is 0 Å². The van der Waals surface area contributed by atoms with Crippen LogP contribution < -0.4 is 21.4 Å². The van der Waals surface area contributed by atoms with E-state index >= 15 is 0 Å². The van der Waals surface area contributed by atoms with Crippen LogP contribution in [-0.4, -0.2) is 11.9 Å².